The molecule has 0 spiro atoms. The molecule has 1 atom stereocenters. The van der Waals surface area contributed by atoms with Crippen molar-refractivity contribution >= 4 is 35.3 Å². The molecule has 1 aromatic carbocycles. The first-order chi connectivity index (χ1) is 12.2. The third-order valence-electron chi connectivity index (χ3n) is 4.91. The first kappa shape index (κ1) is 19.0. The Hall–Kier alpha value is -1.76. The Morgan fingerprint density at radius 3 is 2.69 bits per heavy atom. The number of anilines is 1. The number of carbonyl (C=O) groups is 1. The summed E-state index contributed by atoms with van der Waals surface area (Å²) in [6, 6.07) is 9.86. The van der Waals surface area contributed by atoms with Gasteiger partial charge in [0.2, 0.25) is 5.91 Å². The SMILES string of the molecule is CC(C(=O)N(Cc1cccs1)c1ccc2c(c1)OCCO2)C1CNC1.Cl. The first-order valence-corrected chi connectivity index (χ1v) is 9.54. The summed E-state index contributed by atoms with van der Waals surface area (Å²) >= 11 is 1.67. The normalized spacial score (nSPS) is 17.0. The average molecular weight is 395 g/mol. The van der Waals surface area contributed by atoms with Crippen LogP contribution in [0, 0.1) is 11.8 Å². The molecular weight excluding hydrogens is 372 g/mol. The molecule has 2 aliphatic rings. The molecule has 7 heteroatoms. The van der Waals surface area contributed by atoms with E-state index in [0.29, 0.717) is 31.4 Å². The Kier molecular flexibility index (Phi) is 6.06. The minimum Gasteiger partial charge on any atom is -0.486 e. The van der Waals surface area contributed by atoms with E-state index < -0.39 is 0 Å². The summed E-state index contributed by atoms with van der Waals surface area (Å²) in [7, 11) is 0. The van der Waals surface area contributed by atoms with E-state index in [9.17, 15) is 4.79 Å². The lowest BCUT2D eigenvalue weighted by Gasteiger charge is -2.35. The standard InChI is InChI=1S/C19H22N2O3S.ClH/c1-13(14-10-20-11-14)19(22)21(12-16-3-2-8-25-16)15-4-5-17-18(9-15)24-7-6-23-17;/h2-5,8-9,13-14,20H,6-7,10-12H2,1H3;1H. The van der Waals surface area contributed by atoms with Crippen LogP contribution in [0.1, 0.15) is 11.8 Å². The summed E-state index contributed by atoms with van der Waals surface area (Å²) in [6.07, 6.45) is 0. The highest BCUT2D eigenvalue weighted by Crippen LogP contribution is 2.35. The number of ether oxygens (including phenoxy) is 2. The van der Waals surface area contributed by atoms with Gasteiger partial charge in [-0.2, -0.15) is 0 Å². The number of amides is 1. The van der Waals surface area contributed by atoms with Gasteiger partial charge >= 0.3 is 0 Å². The fourth-order valence-electron chi connectivity index (χ4n) is 3.17. The maximum absolute atomic E-state index is 13.2. The molecule has 0 saturated carbocycles. The molecule has 1 fully saturated rings. The fourth-order valence-corrected chi connectivity index (χ4v) is 3.86. The zero-order valence-electron chi connectivity index (χ0n) is 14.6. The predicted molar refractivity (Wildman–Crippen MR) is 106 cm³/mol. The molecule has 140 valence electrons. The summed E-state index contributed by atoms with van der Waals surface area (Å²) < 4.78 is 11.3. The molecule has 26 heavy (non-hydrogen) atoms. The lowest BCUT2D eigenvalue weighted by Crippen LogP contribution is -2.50. The van der Waals surface area contributed by atoms with Crippen LogP contribution < -0.4 is 19.7 Å². The quantitative estimate of drug-likeness (QED) is 0.845. The molecular formula is C19H23ClN2O3S. The number of carbonyl (C=O) groups excluding carboxylic acids is 1. The molecule has 2 aliphatic heterocycles. The van der Waals surface area contributed by atoms with Gasteiger partial charge in [-0.3, -0.25) is 4.79 Å². The maximum atomic E-state index is 13.2. The smallest absolute Gasteiger partial charge is 0.230 e. The van der Waals surface area contributed by atoms with Crippen LogP contribution in [0.5, 0.6) is 11.5 Å². The Balaban J connectivity index is 0.00000196. The van der Waals surface area contributed by atoms with Gasteiger partial charge in [0.15, 0.2) is 11.5 Å². The molecule has 1 unspecified atom stereocenters. The predicted octanol–water partition coefficient (Wildman–Crippen LogP) is 3.33. The number of nitrogens with zero attached hydrogens (tertiary/aromatic N) is 1. The van der Waals surface area contributed by atoms with Crippen LogP contribution in [-0.4, -0.2) is 32.2 Å². The van der Waals surface area contributed by atoms with E-state index in [1.165, 1.54) is 4.88 Å². The lowest BCUT2D eigenvalue weighted by atomic mass is 9.87. The Morgan fingerprint density at radius 2 is 2.04 bits per heavy atom. The van der Waals surface area contributed by atoms with Gasteiger partial charge in [-0.1, -0.05) is 13.0 Å². The lowest BCUT2D eigenvalue weighted by molar-refractivity contribution is -0.124. The largest absolute Gasteiger partial charge is 0.486 e. The number of nitrogens with one attached hydrogen (secondary N) is 1. The van der Waals surface area contributed by atoms with Crippen molar-refractivity contribution in [1.82, 2.24) is 5.32 Å². The average Bonchev–Trinajstić information content (AvgIpc) is 3.10. The second-order valence-corrected chi connectivity index (χ2v) is 7.57. The van der Waals surface area contributed by atoms with E-state index in [4.69, 9.17) is 9.47 Å². The molecule has 1 amide bonds. The fraction of sp³-hybridized carbons (Fsp3) is 0.421. The zero-order chi connectivity index (χ0) is 17.2. The van der Waals surface area contributed by atoms with Gasteiger partial charge in [-0.15, -0.1) is 23.7 Å². The van der Waals surface area contributed by atoms with E-state index >= 15 is 0 Å². The summed E-state index contributed by atoms with van der Waals surface area (Å²) in [5.41, 5.74) is 0.863. The highest BCUT2D eigenvalue weighted by atomic mass is 35.5. The number of rotatable bonds is 5. The van der Waals surface area contributed by atoms with Crippen LogP contribution in [0.25, 0.3) is 0 Å². The van der Waals surface area contributed by atoms with Crippen molar-refractivity contribution in [2.45, 2.75) is 13.5 Å². The Labute approximate surface area is 163 Å². The molecule has 1 aromatic heterocycles. The molecule has 0 radical (unpaired) electrons. The van der Waals surface area contributed by atoms with Crippen molar-refractivity contribution < 1.29 is 14.3 Å². The number of benzene rings is 1. The summed E-state index contributed by atoms with van der Waals surface area (Å²) in [5.74, 6) is 2.03. The van der Waals surface area contributed by atoms with E-state index in [1.54, 1.807) is 11.3 Å². The van der Waals surface area contributed by atoms with Gasteiger partial charge in [0.25, 0.3) is 0 Å². The number of halogens is 1. The van der Waals surface area contributed by atoms with E-state index in [0.717, 1.165) is 24.5 Å². The maximum Gasteiger partial charge on any atom is 0.230 e. The highest BCUT2D eigenvalue weighted by molar-refractivity contribution is 7.09. The van der Waals surface area contributed by atoms with Crippen molar-refractivity contribution in [2.75, 3.05) is 31.2 Å². The van der Waals surface area contributed by atoms with Crippen molar-refractivity contribution in [3.05, 3.63) is 40.6 Å². The minimum absolute atomic E-state index is 0. The van der Waals surface area contributed by atoms with Crippen molar-refractivity contribution in [3.8, 4) is 11.5 Å². The second-order valence-electron chi connectivity index (χ2n) is 6.54. The van der Waals surface area contributed by atoms with Gasteiger partial charge < -0.3 is 19.7 Å². The molecule has 0 aliphatic carbocycles. The van der Waals surface area contributed by atoms with Gasteiger partial charge in [-0.05, 0) is 42.6 Å². The van der Waals surface area contributed by atoms with Crippen LogP contribution in [0.2, 0.25) is 0 Å². The third kappa shape index (κ3) is 3.82. The summed E-state index contributed by atoms with van der Waals surface area (Å²) in [4.78, 5) is 16.3. The van der Waals surface area contributed by atoms with Gasteiger partial charge in [0.1, 0.15) is 13.2 Å². The molecule has 4 rings (SSSR count). The Bertz CT molecular complexity index is 749. The topological polar surface area (TPSA) is 50.8 Å². The van der Waals surface area contributed by atoms with Crippen LogP contribution in [0.3, 0.4) is 0 Å². The van der Waals surface area contributed by atoms with Crippen molar-refractivity contribution in [3.63, 3.8) is 0 Å². The number of hydrogen-bond acceptors (Lipinski definition) is 5. The highest BCUT2D eigenvalue weighted by Gasteiger charge is 2.32. The Morgan fingerprint density at radius 1 is 1.27 bits per heavy atom. The van der Waals surface area contributed by atoms with Crippen LogP contribution in [-0.2, 0) is 11.3 Å². The van der Waals surface area contributed by atoms with E-state index in [-0.39, 0.29) is 24.2 Å². The molecule has 1 N–H and O–H groups in total. The van der Waals surface area contributed by atoms with Gasteiger partial charge in [0.05, 0.1) is 6.54 Å². The van der Waals surface area contributed by atoms with Gasteiger partial charge in [0, 0.05) is 22.5 Å². The van der Waals surface area contributed by atoms with Crippen LogP contribution in [0.4, 0.5) is 5.69 Å². The zero-order valence-corrected chi connectivity index (χ0v) is 16.3. The van der Waals surface area contributed by atoms with E-state index in [1.807, 2.05) is 41.5 Å². The van der Waals surface area contributed by atoms with Crippen LogP contribution >= 0.6 is 23.7 Å². The molecule has 5 nitrogen and oxygen atoms in total. The summed E-state index contributed by atoms with van der Waals surface area (Å²) in [6.45, 7) is 5.56. The molecule has 2 aromatic rings. The molecule has 1 saturated heterocycles. The van der Waals surface area contributed by atoms with Crippen LogP contribution in [0.15, 0.2) is 35.7 Å². The van der Waals surface area contributed by atoms with Crippen molar-refractivity contribution in [2.24, 2.45) is 11.8 Å². The number of hydrogen-bond donors (Lipinski definition) is 1. The monoisotopic (exact) mass is 394 g/mol. The number of thiophene rings is 1. The van der Waals surface area contributed by atoms with Crippen molar-refractivity contribution in [1.29, 1.82) is 0 Å². The second kappa shape index (κ2) is 8.29. The minimum atomic E-state index is -0.00517. The third-order valence-corrected chi connectivity index (χ3v) is 5.77. The molecule has 3 heterocycles. The first-order valence-electron chi connectivity index (χ1n) is 8.66. The molecule has 0 bridgehead atoms. The number of fused-ring (bicyclic) bond motifs is 1. The van der Waals surface area contributed by atoms with Gasteiger partial charge in [-0.25, -0.2) is 0 Å². The summed E-state index contributed by atoms with van der Waals surface area (Å²) in [5, 5.41) is 5.30. The van der Waals surface area contributed by atoms with E-state index in [2.05, 4.69) is 11.4 Å².